The van der Waals surface area contributed by atoms with Gasteiger partial charge in [0.05, 0.1) is 6.54 Å². The zero-order chi connectivity index (χ0) is 15.4. The Morgan fingerprint density at radius 1 is 1.33 bits per heavy atom. The molecule has 112 valence electrons. The molecule has 0 aliphatic heterocycles. The van der Waals surface area contributed by atoms with Gasteiger partial charge in [0.2, 0.25) is 5.89 Å². The van der Waals surface area contributed by atoms with E-state index < -0.39 is 0 Å². The number of amides is 1. The predicted octanol–water partition coefficient (Wildman–Crippen LogP) is 2.81. The summed E-state index contributed by atoms with van der Waals surface area (Å²) in [5.74, 6) is 1.45. The van der Waals surface area contributed by atoms with Crippen molar-refractivity contribution in [2.75, 3.05) is 0 Å². The average Bonchev–Trinajstić information content (AvgIpc) is 2.82. The third-order valence-corrected chi connectivity index (χ3v) is 3.13. The second-order valence-corrected chi connectivity index (χ2v) is 5.70. The van der Waals surface area contributed by atoms with Gasteiger partial charge < -0.3 is 9.84 Å². The van der Waals surface area contributed by atoms with Crippen molar-refractivity contribution in [2.45, 2.75) is 40.7 Å². The maximum absolute atomic E-state index is 12.1. The first-order valence-electron chi connectivity index (χ1n) is 7.12. The highest BCUT2D eigenvalue weighted by atomic mass is 16.5. The van der Waals surface area contributed by atoms with Gasteiger partial charge >= 0.3 is 0 Å². The number of carbonyl (C=O) groups excluding carboxylic acids is 1. The van der Waals surface area contributed by atoms with E-state index in [9.17, 15) is 4.79 Å². The van der Waals surface area contributed by atoms with E-state index in [2.05, 4.69) is 29.3 Å². The lowest BCUT2D eigenvalue weighted by Gasteiger charge is -2.06. The van der Waals surface area contributed by atoms with Crippen molar-refractivity contribution in [3.05, 3.63) is 46.6 Å². The minimum absolute atomic E-state index is 0.122. The minimum Gasteiger partial charge on any atom is -0.345 e. The van der Waals surface area contributed by atoms with E-state index in [0.717, 1.165) is 17.5 Å². The summed E-state index contributed by atoms with van der Waals surface area (Å²) in [5.41, 5.74) is 2.77. The number of benzene rings is 1. The lowest BCUT2D eigenvalue weighted by atomic mass is 10.1. The van der Waals surface area contributed by atoms with Crippen LogP contribution in [0.2, 0.25) is 0 Å². The van der Waals surface area contributed by atoms with E-state index in [0.29, 0.717) is 23.2 Å². The molecule has 0 aliphatic rings. The SMILES string of the molecule is Cc1ccc(C(=O)NCc2noc(CC(C)C)n2)c(C)c1. The summed E-state index contributed by atoms with van der Waals surface area (Å²) in [6.45, 7) is 8.38. The number of nitrogens with one attached hydrogen (secondary N) is 1. The van der Waals surface area contributed by atoms with E-state index in [-0.39, 0.29) is 12.5 Å². The van der Waals surface area contributed by atoms with Crippen LogP contribution in [-0.2, 0) is 13.0 Å². The molecule has 21 heavy (non-hydrogen) atoms. The molecule has 1 heterocycles. The van der Waals surface area contributed by atoms with Crippen LogP contribution in [0.5, 0.6) is 0 Å². The molecule has 0 spiro atoms. The van der Waals surface area contributed by atoms with Crippen LogP contribution in [0.15, 0.2) is 22.7 Å². The summed E-state index contributed by atoms with van der Waals surface area (Å²) in [6, 6.07) is 5.75. The maximum Gasteiger partial charge on any atom is 0.251 e. The summed E-state index contributed by atoms with van der Waals surface area (Å²) < 4.78 is 5.14. The number of aryl methyl sites for hydroxylation is 2. The maximum atomic E-state index is 12.1. The lowest BCUT2D eigenvalue weighted by molar-refractivity contribution is 0.0949. The Morgan fingerprint density at radius 2 is 2.10 bits per heavy atom. The normalized spacial score (nSPS) is 10.9. The topological polar surface area (TPSA) is 68.0 Å². The van der Waals surface area contributed by atoms with Gasteiger partial charge in [-0.3, -0.25) is 4.79 Å². The van der Waals surface area contributed by atoms with Gasteiger partial charge in [-0.05, 0) is 31.4 Å². The average molecular weight is 287 g/mol. The monoisotopic (exact) mass is 287 g/mol. The van der Waals surface area contributed by atoms with Crippen molar-refractivity contribution in [1.82, 2.24) is 15.5 Å². The molecule has 0 unspecified atom stereocenters. The van der Waals surface area contributed by atoms with E-state index in [1.54, 1.807) is 0 Å². The van der Waals surface area contributed by atoms with Crippen molar-refractivity contribution in [3.63, 3.8) is 0 Å². The van der Waals surface area contributed by atoms with Crippen LogP contribution in [0.25, 0.3) is 0 Å². The smallest absolute Gasteiger partial charge is 0.251 e. The van der Waals surface area contributed by atoms with Gasteiger partial charge in [0.25, 0.3) is 5.91 Å². The van der Waals surface area contributed by atoms with Crippen molar-refractivity contribution in [1.29, 1.82) is 0 Å². The summed E-state index contributed by atoms with van der Waals surface area (Å²) in [4.78, 5) is 16.4. The second-order valence-electron chi connectivity index (χ2n) is 5.70. The summed E-state index contributed by atoms with van der Waals surface area (Å²) in [6.07, 6.45) is 0.748. The van der Waals surface area contributed by atoms with Gasteiger partial charge in [-0.1, -0.05) is 36.7 Å². The fourth-order valence-corrected chi connectivity index (χ4v) is 2.12. The number of carbonyl (C=O) groups is 1. The van der Waals surface area contributed by atoms with Gasteiger partial charge in [0.15, 0.2) is 5.82 Å². The van der Waals surface area contributed by atoms with Crippen LogP contribution in [0, 0.1) is 19.8 Å². The van der Waals surface area contributed by atoms with Gasteiger partial charge in [0, 0.05) is 12.0 Å². The predicted molar refractivity (Wildman–Crippen MR) is 79.9 cm³/mol. The Morgan fingerprint density at radius 3 is 2.76 bits per heavy atom. The Hall–Kier alpha value is -2.17. The fraction of sp³-hybridized carbons (Fsp3) is 0.438. The molecular weight excluding hydrogens is 266 g/mol. The molecule has 0 radical (unpaired) electrons. The molecule has 5 heteroatoms. The van der Waals surface area contributed by atoms with Crippen LogP contribution < -0.4 is 5.32 Å². The van der Waals surface area contributed by atoms with Crippen LogP contribution in [-0.4, -0.2) is 16.0 Å². The third kappa shape index (κ3) is 4.15. The molecule has 0 aliphatic carbocycles. The molecule has 2 rings (SSSR count). The molecule has 0 atom stereocenters. The molecule has 1 aromatic heterocycles. The molecule has 0 bridgehead atoms. The Labute approximate surface area is 124 Å². The lowest BCUT2D eigenvalue weighted by Crippen LogP contribution is -2.24. The number of rotatable bonds is 5. The van der Waals surface area contributed by atoms with Crippen molar-refractivity contribution in [2.24, 2.45) is 5.92 Å². The standard InChI is InChI=1S/C16H21N3O2/c1-10(2)7-15-18-14(19-21-15)9-17-16(20)13-6-5-11(3)8-12(13)4/h5-6,8,10H,7,9H2,1-4H3,(H,17,20). The fourth-order valence-electron chi connectivity index (χ4n) is 2.12. The molecule has 1 aromatic carbocycles. The highest BCUT2D eigenvalue weighted by Gasteiger charge is 2.12. The first-order valence-corrected chi connectivity index (χ1v) is 7.12. The van der Waals surface area contributed by atoms with Gasteiger partial charge in [0.1, 0.15) is 0 Å². The molecule has 0 fully saturated rings. The second kappa shape index (κ2) is 6.52. The summed E-state index contributed by atoms with van der Waals surface area (Å²) >= 11 is 0. The van der Waals surface area contributed by atoms with Crippen LogP contribution in [0.3, 0.4) is 0 Å². The molecular formula is C16H21N3O2. The van der Waals surface area contributed by atoms with Crippen LogP contribution >= 0.6 is 0 Å². The number of hydrogen-bond donors (Lipinski definition) is 1. The minimum atomic E-state index is -0.122. The molecule has 1 N–H and O–H groups in total. The van der Waals surface area contributed by atoms with Gasteiger partial charge in [-0.25, -0.2) is 0 Å². The first kappa shape index (κ1) is 15.2. The highest BCUT2D eigenvalue weighted by Crippen LogP contribution is 2.11. The van der Waals surface area contributed by atoms with E-state index in [1.807, 2.05) is 32.0 Å². The Kier molecular flexibility index (Phi) is 4.73. The number of hydrogen-bond acceptors (Lipinski definition) is 4. The Balaban J connectivity index is 1.96. The van der Waals surface area contributed by atoms with Crippen molar-refractivity contribution in [3.8, 4) is 0 Å². The highest BCUT2D eigenvalue weighted by molar-refractivity contribution is 5.95. The quantitative estimate of drug-likeness (QED) is 0.918. The van der Waals surface area contributed by atoms with Gasteiger partial charge in [-0.2, -0.15) is 4.98 Å². The molecule has 0 saturated heterocycles. The summed E-state index contributed by atoms with van der Waals surface area (Å²) in [7, 11) is 0. The van der Waals surface area contributed by atoms with E-state index in [4.69, 9.17) is 4.52 Å². The van der Waals surface area contributed by atoms with Gasteiger partial charge in [-0.15, -0.1) is 0 Å². The largest absolute Gasteiger partial charge is 0.345 e. The van der Waals surface area contributed by atoms with E-state index in [1.165, 1.54) is 0 Å². The molecule has 1 amide bonds. The van der Waals surface area contributed by atoms with Crippen molar-refractivity contribution < 1.29 is 9.32 Å². The number of aromatic nitrogens is 2. The van der Waals surface area contributed by atoms with Crippen LogP contribution in [0.4, 0.5) is 0 Å². The zero-order valence-electron chi connectivity index (χ0n) is 12.9. The first-order chi connectivity index (χ1) is 9.95. The summed E-state index contributed by atoms with van der Waals surface area (Å²) in [5, 5.41) is 6.69. The van der Waals surface area contributed by atoms with Crippen LogP contribution in [0.1, 0.15) is 47.0 Å². The number of nitrogens with zero attached hydrogens (tertiary/aromatic N) is 2. The Bertz CT molecular complexity index is 632. The van der Waals surface area contributed by atoms with Crippen molar-refractivity contribution >= 4 is 5.91 Å². The zero-order valence-corrected chi connectivity index (χ0v) is 12.9. The molecule has 2 aromatic rings. The molecule has 0 saturated carbocycles. The third-order valence-electron chi connectivity index (χ3n) is 3.13. The van der Waals surface area contributed by atoms with E-state index >= 15 is 0 Å². The molecule has 5 nitrogen and oxygen atoms in total.